The Bertz CT molecular complexity index is 560. The Morgan fingerprint density at radius 2 is 2.18 bits per heavy atom. The van der Waals surface area contributed by atoms with Gasteiger partial charge in [-0.25, -0.2) is 4.39 Å². The highest BCUT2D eigenvalue weighted by molar-refractivity contribution is 9.10. The number of ketones is 1. The van der Waals surface area contributed by atoms with Gasteiger partial charge in [0.25, 0.3) is 0 Å². The average Bonchev–Trinajstić information content (AvgIpc) is 2.71. The number of hydrogen-bond acceptors (Lipinski definition) is 2. The standard InChI is InChI=1S/C13H10BrFO2/c1-8-5-6-17-13(8)11(16)7-9-3-2-4-10(15)12(9)14/h2-6H,7H2,1H3. The summed E-state index contributed by atoms with van der Waals surface area (Å²) in [6.07, 6.45) is 1.59. The molecule has 0 unspecified atom stereocenters. The minimum Gasteiger partial charge on any atom is -0.461 e. The van der Waals surface area contributed by atoms with Gasteiger partial charge in [-0.2, -0.15) is 0 Å². The topological polar surface area (TPSA) is 30.2 Å². The van der Waals surface area contributed by atoms with Crippen molar-refractivity contribution in [1.82, 2.24) is 0 Å². The second kappa shape index (κ2) is 4.84. The lowest BCUT2D eigenvalue weighted by molar-refractivity contribution is 0.0965. The van der Waals surface area contributed by atoms with Gasteiger partial charge in [0, 0.05) is 6.42 Å². The molecule has 0 saturated heterocycles. The summed E-state index contributed by atoms with van der Waals surface area (Å²) in [5.41, 5.74) is 1.41. The van der Waals surface area contributed by atoms with E-state index in [4.69, 9.17) is 4.42 Å². The number of carbonyl (C=O) groups excluding carboxylic acids is 1. The number of Topliss-reactive ketones (excluding diaryl/α,β-unsaturated/α-hetero) is 1. The first-order valence-electron chi connectivity index (χ1n) is 5.10. The van der Waals surface area contributed by atoms with Gasteiger partial charge < -0.3 is 4.42 Å². The normalized spacial score (nSPS) is 10.5. The van der Waals surface area contributed by atoms with Gasteiger partial charge in [-0.1, -0.05) is 12.1 Å². The van der Waals surface area contributed by atoms with Gasteiger partial charge in [-0.15, -0.1) is 0 Å². The number of furan rings is 1. The van der Waals surface area contributed by atoms with Crippen molar-refractivity contribution in [2.75, 3.05) is 0 Å². The summed E-state index contributed by atoms with van der Waals surface area (Å²) in [6, 6.07) is 6.37. The first kappa shape index (κ1) is 12.0. The Morgan fingerprint density at radius 1 is 1.41 bits per heavy atom. The van der Waals surface area contributed by atoms with Crippen molar-refractivity contribution >= 4 is 21.7 Å². The molecule has 2 rings (SSSR count). The van der Waals surface area contributed by atoms with E-state index in [2.05, 4.69) is 15.9 Å². The van der Waals surface area contributed by atoms with Crippen LogP contribution < -0.4 is 0 Å². The molecule has 0 saturated carbocycles. The van der Waals surface area contributed by atoms with Crippen LogP contribution in [-0.4, -0.2) is 5.78 Å². The summed E-state index contributed by atoms with van der Waals surface area (Å²) in [5, 5.41) is 0. The van der Waals surface area contributed by atoms with Crippen LogP contribution in [0.4, 0.5) is 4.39 Å². The Morgan fingerprint density at radius 3 is 2.82 bits per heavy atom. The van der Waals surface area contributed by atoms with Crippen LogP contribution in [0, 0.1) is 12.7 Å². The lowest BCUT2D eigenvalue weighted by Crippen LogP contribution is -2.04. The molecule has 0 N–H and O–H groups in total. The van der Waals surface area contributed by atoms with Crippen molar-refractivity contribution in [3.63, 3.8) is 0 Å². The second-order valence-electron chi connectivity index (χ2n) is 3.75. The Hall–Kier alpha value is -1.42. The van der Waals surface area contributed by atoms with Gasteiger partial charge in [0.2, 0.25) is 5.78 Å². The van der Waals surface area contributed by atoms with Crippen molar-refractivity contribution in [1.29, 1.82) is 0 Å². The Labute approximate surface area is 107 Å². The lowest BCUT2D eigenvalue weighted by atomic mass is 10.1. The quantitative estimate of drug-likeness (QED) is 0.804. The van der Waals surface area contributed by atoms with Crippen molar-refractivity contribution < 1.29 is 13.6 Å². The monoisotopic (exact) mass is 296 g/mol. The van der Waals surface area contributed by atoms with Gasteiger partial charge in [-0.05, 0) is 46.1 Å². The van der Waals surface area contributed by atoms with Gasteiger partial charge >= 0.3 is 0 Å². The number of benzene rings is 1. The van der Waals surface area contributed by atoms with Crippen molar-refractivity contribution in [3.05, 3.63) is 57.7 Å². The van der Waals surface area contributed by atoms with Crippen LogP contribution in [-0.2, 0) is 6.42 Å². The number of aryl methyl sites for hydroxylation is 1. The van der Waals surface area contributed by atoms with E-state index in [-0.39, 0.29) is 18.0 Å². The second-order valence-corrected chi connectivity index (χ2v) is 4.54. The van der Waals surface area contributed by atoms with Gasteiger partial charge in [0.1, 0.15) is 5.82 Å². The first-order chi connectivity index (χ1) is 8.09. The maximum absolute atomic E-state index is 13.3. The molecule has 0 bridgehead atoms. The fraction of sp³-hybridized carbons (Fsp3) is 0.154. The maximum Gasteiger partial charge on any atom is 0.202 e. The molecular formula is C13H10BrFO2. The predicted molar refractivity (Wildman–Crippen MR) is 65.6 cm³/mol. The smallest absolute Gasteiger partial charge is 0.202 e. The minimum absolute atomic E-state index is 0.118. The van der Waals surface area contributed by atoms with E-state index < -0.39 is 0 Å². The van der Waals surface area contributed by atoms with E-state index >= 15 is 0 Å². The Balaban J connectivity index is 2.25. The molecule has 0 fully saturated rings. The van der Waals surface area contributed by atoms with E-state index in [9.17, 15) is 9.18 Å². The summed E-state index contributed by atoms with van der Waals surface area (Å²) in [4.78, 5) is 11.9. The van der Waals surface area contributed by atoms with E-state index in [1.54, 1.807) is 25.1 Å². The summed E-state index contributed by atoms with van der Waals surface area (Å²) >= 11 is 3.13. The van der Waals surface area contributed by atoms with Crippen LogP contribution in [0.5, 0.6) is 0 Å². The molecule has 88 valence electrons. The zero-order chi connectivity index (χ0) is 12.4. The van der Waals surface area contributed by atoms with E-state index in [1.807, 2.05) is 0 Å². The molecule has 2 nitrogen and oxygen atoms in total. The van der Waals surface area contributed by atoms with Crippen LogP contribution in [0.3, 0.4) is 0 Å². The largest absolute Gasteiger partial charge is 0.461 e. The molecule has 1 aromatic carbocycles. The summed E-state index contributed by atoms with van der Waals surface area (Å²) in [7, 11) is 0. The first-order valence-corrected chi connectivity index (χ1v) is 5.89. The highest BCUT2D eigenvalue weighted by Gasteiger charge is 2.15. The number of hydrogen-bond donors (Lipinski definition) is 0. The zero-order valence-electron chi connectivity index (χ0n) is 9.17. The summed E-state index contributed by atoms with van der Waals surface area (Å²) < 4.78 is 18.7. The third kappa shape index (κ3) is 2.47. The molecule has 4 heteroatoms. The molecule has 0 aliphatic rings. The van der Waals surface area contributed by atoms with E-state index in [0.717, 1.165) is 5.56 Å². The van der Waals surface area contributed by atoms with Crippen molar-refractivity contribution in [2.24, 2.45) is 0 Å². The molecule has 0 amide bonds. The highest BCUT2D eigenvalue weighted by Crippen LogP contribution is 2.22. The van der Waals surface area contributed by atoms with Crippen LogP contribution in [0.15, 0.2) is 39.4 Å². The molecule has 0 aliphatic carbocycles. The highest BCUT2D eigenvalue weighted by atomic mass is 79.9. The van der Waals surface area contributed by atoms with Crippen LogP contribution in [0.1, 0.15) is 21.7 Å². The van der Waals surface area contributed by atoms with Crippen LogP contribution >= 0.6 is 15.9 Å². The number of halogens is 2. The fourth-order valence-corrected chi connectivity index (χ4v) is 2.00. The molecule has 1 aromatic heterocycles. The summed E-state index contributed by atoms with van der Waals surface area (Å²) in [6.45, 7) is 1.80. The van der Waals surface area contributed by atoms with E-state index in [1.165, 1.54) is 12.3 Å². The fourth-order valence-electron chi connectivity index (χ4n) is 1.60. The summed E-state index contributed by atoms with van der Waals surface area (Å²) in [5.74, 6) is -0.188. The number of rotatable bonds is 3. The lowest BCUT2D eigenvalue weighted by Gasteiger charge is -2.03. The number of carbonyl (C=O) groups is 1. The maximum atomic E-state index is 13.3. The average molecular weight is 297 g/mol. The van der Waals surface area contributed by atoms with Crippen molar-refractivity contribution in [2.45, 2.75) is 13.3 Å². The van der Waals surface area contributed by atoms with Crippen molar-refractivity contribution in [3.8, 4) is 0 Å². The van der Waals surface area contributed by atoms with Gasteiger partial charge in [-0.3, -0.25) is 4.79 Å². The third-order valence-electron chi connectivity index (χ3n) is 2.50. The Kier molecular flexibility index (Phi) is 3.43. The molecule has 17 heavy (non-hydrogen) atoms. The molecule has 1 heterocycles. The van der Waals surface area contributed by atoms with E-state index in [0.29, 0.717) is 15.8 Å². The SMILES string of the molecule is Cc1ccoc1C(=O)Cc1cccc(F)c1Br. The zero-order valence-corrected chi connectivity index (χ0v) is 10.8. The predicted octanol–water partition coefficient (Wildman–Crippen LogP) is 3.92. The molecule has 0 spiro atoms. The molecule has 0 atom stereocenters. The van der Waals surface area contributed by atoms with Gasteiger partial charge in [0.15, 0.2) is 5.76 Å². The van der Waals surface area contributed by atoms with Crippen LogP contribution in [0.25, 0.3) is 0 Å². The molecule has 0 aliphatic heterocycles. The molecular weight excluding hydrogens is 287 g/mol. The molecule has 0 radical (unpaired) electrons. The minimum atomic E-state index is -0.369. The van der Waals surface area contributed by atoms with Crippen LogP contribution in [0.2, 0.25) is 0 Å². The van der Waals surface area contributed by atoms with Gasteiger partial charge in [0.05, 0.1) is 10.7 Å². The molecule has 2 aromatic rings. The third-order valence-corrected chi connectivity index (χ3v) is 3.39.